The number of rotatable bonds is 3. The molecule has 3 aromatic carbocycles. The van der Waals surface area contributed by atoms with E-state index in [4.69, 9.17) is 0 Å². The average molecular weight is 666 g/mol. The zero-order valence-electron chi connectivity index (χ0n) is 12.4. The second kappa shape index (κ2) is 11.5. The summed E-state index contributed by atoms with van der Waals surface area (Å²) >= 11 is 7.68. The Morgan fingerprint density at radius 3 is 1.00 bits per heavy atom. The third kappa shape index (κ3) is 7.36. The van der Waals surface area contributed by atoms with Crippen molar-refractivity contribution in [1.82, 2.24) is 0 Å². The smallest absolute Gasteiger partial charge is 0.194 e. The number of benzene rings is 3. The summed E-state index contributed by atoms with van der Waals surface area (Å²) < 4.78 is 4.53. The molecule has 0 aliphatic heterocycles. The minimum Gasteiger partial charge on any atom is -0.194 e. The van der Waals surface area contributed by atoms with E-state index in [2.05, 4.69) is 152 Å². The lowest BCUT2D eigenvalue weighted by atomic mass is 10.4. The molecule has 0 fully saturated rings. The second-order valence-corrected chi connectivity index (χ2v) is 26.6. The van der Waals surface area contributed by atoms with Gasteiger partial charge in [-0.15, -0.1) is 0 Å². The molecule has 5 heteroatoms. The molecule has 3 rings (SSSR count). The Morgan fingerprint density at radius 1 is 0.435 bits per heavy atom. The zero-order valence-corrected chi connectivity index (χ0v) is 21.2. The van der Waals surface area contributed by atoms with Gasteiger partial charge in [-0.3, -0.25) is 0 Å². The second-order valence-electron chi connectivity index (χ2n) is 4.90. The van der Waals surface area contributed by atoms with Crippen LogP contribution in [0.2, 0.25) is 0 Å². The highest BCUT2D eigenvalue weighted by molar-refractivity contribution is 14.3. The van der Waals surface area contributed by atoms with E-state index in [-0.39, 0.29) is 0 Å². The molecule has 0 amide bonds. The molecule has 23 heavy (non-hydrogen) atoms. The number of hydrogen-bond donors (Lipinski definition) is 0. The summed E-state index contributed by atoms with van der Waals surface area (Å²) in [5.41, 5.74) is 0. The van der Waals surface area contributed by atoms with Crippen molar-refractivity contribution < 1.29 is 0 Å². The molecule has 0 saturated carbocycles. The maximum absolute atomic E-state index is 2.61. The van der Waals surface area contributed by atoms with Crippen LogP contribution in [-0.4, -0.2) is 18.4 Å². The lowest BCUT2D eigenvalue weighted by molar-refractivity contribution is 1.75. The zero-order chi connectivity index (χ0) is 16.5. The van der Waals surface area contributed by atoms with Crippen LogP contribution in [0.5, 0.6) is 0 Å². The highest BCUT2D eigenvalue weighted by Crippen LogP contribution is 2.03. The van der Waals surface area contributed by atoms with Crippen LogP contribution in [0.15, 0.2) is 91.0 Å². The van der Waals surface area contributed by atoms with Crippen molar-refractivity contribution in [2.24, 2.45) is 0 Å². The van der Waals surface area contributed by atoms with Gasteiger partial charge in [-0.05, 0) is 0 Å². The minimum absolute atomic E-state index is 0.589. The van der Waals surface area contributed by atoms with E-state index in [1.165, 1.54) is 13.3 Å². The quantitative estimate of drug-likeness (QED) is 0.286. The van der Waals surface area contributed by atoms with E-state index in [9.17, 15) is 0 Å². The Labute approximate surface area is 180 Å². The third-order valence-corrected chi connectivity index (χ3v) is 14.7. The molecule has 114 valence electrons. The van der Waals surface area contributed by atoms with Crippen LogP contribution in [0, 0.1) is 0 Å². The van der Waals surface area contributed by atoms with E-state index < -0.39 is 18.4 Å². The van der Waals surface area contributed by atoms with Crippen LogP contribution in [-0.2, 0) is 0 Å². The van der Waals surface area contributed by atoms with Crippen LogP contribution in [0.1, 0.15) is 0 Å². The first kappa shape index (κ1) is 20.2. The van der Waals surface area contributed by atoms with Gasteiger partial charge in [-0.2, -0.15) is 60.8 Å². The van der Waals surface area contributed by atoms with Crippen molar-refractivity contribution in [3.05, 3.63) is 91.0 Å². The largest absolute Gasteiger partial charge is 0.481 e. The average Bonchev–Trinajstić information content (AvgIpc) is 2.64. The molecule has 0 aliphatic carbocycles. The molecule has 0 bridgehead atoms. The van der Waals surface area contributed by atoms with Crippen molar-refractivity contribution in [2.45, 2.75) is 0 Å². The van der Waals surface area contributed by atoms with Gasteiger partial charge in [0.2, 0.25) is 0 Å². The van der Waals surface area contributed by atoms with Crippen LogP contribution in [0.4, 0.5) is 0 Å². The first-order chi connectivity index (χ1) is 11.2. The van der Waals surface area contributed by atoms with Crippen molar-refractivity contribution in [3.63, 3.8) is 0 Å². The van der Waals surface area contributed by atoms with Gasteiger partial charge in [0, 0.05) is 0 Å². The molecular weight excluding hydrogens is 651 g/mol. The van der Waals surface area contributed by atoms with E-state index in [1.807, 2.05) is 0 Å². The number of halogens is 3. The Balaban J connectivity index is 0.000000185. The fraction of sp³-hybridized carbons (Fsp3) is 0. The monoisotopic (exact) mass is 666 g/mol. The Kier molecular flexibility index (Phi) is 10.1. The SMILES string of the molecule is [I][Al]([I])[c]1ccccc1.[I][Al]([c]1ccccc1)[c]1ccccc1. The summed E-state index contributed by atoms with van der Waals surface area (Å²) in [5, 5.41) is 0. The van der Waals surface area contributed by atoms with Crippen molar-refractivity contribution in [2.75, 3.05) is 0 Å². The molecule has 0 heterocycles. The predicted molar refractivity (Wildman–Crippen MR) is 132 cm³/mol. The van der Waals surface area contributed by atoms with Crippen LogP contribution < -0.4 is 13.3 Å². The van der Waals surface area contributed by atoms with Crippen LogP contribution in [0.3, 0.4) is 0 Å². The molecule has 0 spiro atoms. The fourth-order valence-corrected chi connectivity index (χ4v) is 9.04. The maximum atomic E-state index is 2.61. The third-order valence-electron chi connectivity index (χ3n) is 3.24. The fourth-order valence-electron chi connectivity index (χ4n) is 2.03. The maximum Gasteiger partial charge on any atom is 0.481 e. The van der Waals surface area contributed by atoms with Crippen LogP contribution in [0.25, 0.3) is 0 Å². The van der Waals surface area contributed by atoms with E-state index in [0.717, 1.165) is 0 Å². The van der Waals surface area contributed by atoms with Gasteiger partial charge in [0.1, 0.15) is 0 Å². The molecule has 3 aromatic rings. The highest BCUT2D eigenvalue weighted by Gasteiger charge is 2.17. The molecule has 0 radical (unpaired) electrons. The van der Waals surface area contributed by atoms with Gasteiger partial charge in [-0.1, -0.05) is 104 Å². The first-order valence-electron chi connectivity index (χ1n) is 7.25. The predicted octanol–water partition coefficient (Wildman–Crippen LogP) is 4.48. The molecule has 0 aliphatic rings. The summed E-state index contributed by atoms with van der Waals surface area (Å²) in [7, 11) is -1.54. The van der Waals surface area contributed by atoms with Gasteiger partial charge >= 0.3 is 18.4 Å². The normalized spacial score (nSPS) is 9.52. The number of hydrogen-bond acceptors (Lipinski definition) is 0. The van der Waals surface area contributed by atoms with Gasteiger partial charge in [0.05, 0.1) is 0 Å². The lowest BCUT2D eigenvalue weighted by Gasteiger charge is -2.04. The Hall–Kier alpha value is 0.915. The Bertz CT molecular complexity index is 637. The standard InChI is InChI=1S/3C6H5.2Al.3HI/c3*1-2-4-6-5-3-1;;;;;/h3*1-5H;;;3*1H/q;;;+1;+2;;;/p-3. The highest BCUT2D eigenvalue weighted by atomic mass is 127. The van der Waals surface area contributed by atoms with Gasteiger partial charge in [0.15, 0.2) is 0 Å². The molecule has 0 nitrogen and oxygen atoms in total. The molecule has 0 N–H and O–H groups in total. The first-order valence-corrected chi connectivity index (χ1v) is 21.5. The van der Waals surface area contributed by atoms with Gasteiger partial charge in [0.25, 0.3) is 0 Å². The van der Waals surface area contributed by atoms with Crippen LogP contribution >= 0.6 is 60.8 Å². The molecule has 0 unspecified atom stereocenters. The summed E-state index contributed by atoms with van der Waals surface area (Å²) in [6, 6.07) is 32.2. The van der Waals surface area contributed by atoms with Gasteiger partial charge < -0.3 is 0 Å². The van der Waals surface area contributed by atoms with Gasteiger partial charge in [-0.25, -0.2) is 0 Å². The van der Waals surface area contributed by atoms with Crippen molar-refractivity contribution in [3.8, 4) is 0 Å². The van der Waals surface area contributed by atoms with E-state index in [0.29, 0.717) is 0 Å². The Morgan fingerprint density at radius 2 is 0.739 bits per heavy atom. The summed E-state index contributed by atoms with van der Waals surface area (Å²) in [6.45, 7) is 0. The van der Waals surface area contributed by atoms with E-state index >= 15 is 0 Å². The lowest BCUT2D eigenvalue weighted by Crippen LogP contribution is -2.36. The molecule has 0 atom stereocenters. The minimum atomic E-state index is -0.949. The summed E-state index contributed by atoms with van der Waals surface area (Å²) in [5.74, 6) is 0. The summed E-state index contributed by atoms with van der Waals surface area (Å²) in [6.07, 6.45) is 0. The molecular formula is C18H15Al2I3. The topological polar surface area (TPSA) is 0 Å². The van der Waals surface area contributed by atoms with Crippen molar-refractivity contribution in [1.29, 1.82) is 0 Å². The van der Waals surface area contributed by atoms with Crippen molar-refractivity contribution >= 4 is 92.5 Å². The molecule has 0 saturated heterocycles. The molecule has 0 aromatic heterocycles. The summed E-state index contributed by atoms with van der Waals surface area (Å²) in [4.78, 5) is 0. The van der Waals surface area contributed by atoms with E-state index in [1.54, 1.807) is 0 Å².